The van der Waals surface area contributed by atoms with Gasteiger partial charge in [-0.15, -0.1) is 0 Å². The van der Waals surface area contributed by atoms with E-state index in [1.165, 1.54) is 19.3 Å². The zero-order valence-electron chi connectivity index (χ0n) is 18.6. The molecule has 4 rings (SSSR count). The summed E-state index contributed by atoms with van der Waals surface area (Å²) >= 11 is 0. The third-order valence-corrected chi connectivity index (χ3v) is 10.7. The van der Waals surface area contributed by atoms with Gasteiger partial charge in [-0.05, 0) is 85.4 Å². The summed E-state index contributed by atoms with van der Waals surface area (Å²) < 4.78 is 0. The van der Waals surface area contributed by atoms with Crippen LogP contribution in [0.25, 0.3) is 0 Å². The third-order valence-electron chi connectivity index (χ3n) is 10.7. The minimum atomic E-state index is -0.614. The minimum absolute atomic E-state index is 0.0491. The van der Waals surface area contributed by atoms with Gasteiger partial charge in [0.1, 0.15) is 6.29 Å². The van der Waals surface area contributed by atoms with Crippen molar-refractivity contribution in [2.24, 2.45) is 39.4 Å². The van der Waals surface area contributed by atoms with E-state index >= 15 is 0 Å². The second-order valence-electron chi connectivity index (χ2n) is 11.6. The van der Waals surface area contributed by atoms with Gasteiger partial charge in [0.25, 0.3) is 0 Å². The molecular formula is C25H40O3. The van der Waals surface area contributed by atoms with Crippen LogP contribution in [-0.4, -0.2) is 29.2 Å². The summed E-state index contributed by atoms with van der Waals surface area (Å²) in [6, 6.07) is 0. The normalized spacial score (nSPS) is 51.9. The molecule has 2 N–H and O–H groups in total. The fraction of sp³-hybridized carbons (Fsp3) is 0.880. The van der Waals surface area contributed by atoms with E-state index < -0.39 is 11.5 Å². The SMILES string of the molecule is CC(CO)[C@H]1CC[C@@]2(C)C3=C(CC[C@]12C)[C@@]1(C)CC[C@@H](O)[C@](C)(C=O)[C@@H]1CC3. The van der Waals surface area contributed by atoms with Crippen molar-refractivity contribution in [2.75, 3.05) is 6.61 Å². The predicted octanol–water partition coefficient (Wildman–Crippen LogP) is 4.90. The maximum atomic E-state index is 12.1. The van der Waals surface area contributed by atoms with Crippen LogP contribution in [0.2, 0.25) is 0 Å². The average Bonchev–Trinajstić information content (AvgIpc) is 2.96. The first-order chi connectivity index (χ1) is 13.1. The third kappa shape index (κ3) is 2.32. The van der Waals surface area contributed by atoms with E-state index in [0.717, 1.165) is 38.4 Å². The van der Waals surface area contributed by atoms with Gasteiger partial charge in [-0.3, -0.25) is 0 Å². The summed E-state index contributed by atoms with van der Waals surface area (Å²) in [7, 11) is 0. The zero-order valence-corrected chi connectivity index (χ0v) is 18.6. The predicted molar refractivity (Wildman–Crippen MR) is 112 cm³/mol. The van der Waals surface area contributed by atoms with Gasteiger partial charge in [0.05, 0.1) is 11.5 Å². The number of carbonyl (C=O) groups is 1. The van der Waals surface area contributed by atoms with Crippen molar-refractivity contribution >= 4 is 6.29 Å². The fourth-order valence-electron chi connectivity index (χ4n) is 8.66. The van der Waals surface area contributed by atoms with Gasteiger partial charge in [-0.25, -0.2) is 0 Å². The zero-order chi connectivity index (χ0) is 20.5. The molecule has 4 aliphatic rings. The van der Waals surface area contributed by atoms with Crippen LogP contribution in [0.4, 0.5) is 0 Å². The van der Waals surface area contributed by atoms with Gasteiger partial charge < -0.3 is 15.0 Å². The number of fused-ring (bicyclic) bond motifs is 4. The molecule has 4 aliphatic carbocycles. The Bertz CT molecular complexity index is 698. The lowest BCUT2D eigenvalue weighted by atomic mass is 9.43. The highest BCUT2D eigenvalue weighted by atomic mass is 16.3. The summed E-state index contributed by atoms with van der Waals surface area (Å²) in [4.78, 5) is 12.1. The molecule has 3 heteroatoms. The lowest BCUT2D eigenvalue weighted by Crippen LogP contribution is -2.56. The highest BCUT2D eigenvalue weighted by molar-refractivity contribution is 5.62. The van der Waals surface area contributed by atoms with Gasteiger partial charge in [0.15, 0.2) is 0 Å². The quantitative estimate of drug-likeness (QED) is 0.534. The van der Waals surface area contributed by atoms with E-state index in [4.69, 9.17) is 0 Å². The second kappa shape index (κ2) is 6.41. The molecule has 0 bridgehead atoms. The Balaban J connectivity index is 1.79. The van der Waals surface area contributed by atoms with E-state index in [1.54, 1.807) is 11.1 Å². The molecular weight excluding hydrogens is 348 g/mol. The summed E-state index contributed by atoms with van der Waals surface area (Å²) in [5, 5.41) is 20.5. The van der Waals surface area contributed by atoms with Gasteiger partial charge in [0, 0.05) is 6.61 Å². The molecule has 8 atom stereocenters. The molecule has 3 nitrogen and oxygen atoms in total. The van der Waals surface area contributed by atoms with Crippen LogP contribution >= 0.6 is 0 Å². The van der Waals surface area contributed by atoms with E-state index in [2.05, 4.69) is 27.7 Å². The van der Waals surface area contributed by atoms with Gasteiger partial charge in [-0.2, -0.15) is 0 Å². The molecule has 0 spiro atoms. The molecule has 2 saturated carbocycles. The summed E-state index contributed by atoms with van der Waals surface area (Å²) in [6.45, 7) is 11.9. The Morgan fingerprint density at radius 3 is 2.39 bits per heavy atom. The summed E-state index contributed by atoms with van der Waals surface area (Å²) in [5.74, 6) is 1.21. The number of carbonyl (C=O) groups excluding carboxylic acids is 1. The molecule has 0 aromatic rings. The smallest absolute Gasteiger partial charge is 0.128 e. The lowest BCUT2D eigenvalue weighted by molar-refractivity contribution is -0.142. The highest BCUT2D eigenvalue weighted by Crippen LogP contribution is 2.72. The van der Waals surface area contributed by atoms with E-state index in [9.17, 15) is 15.0 Å². The average molecular weight is 389 g/mol. The van der Waals surface area contributed by atoms with Crippen molar-refractivity contribution in [1.29, 1.82) is 0 Å². The Morgan fingerprint density at radius 2 is 1.75 bits per heavy atom. The van der Waals surface area contributed by atoms with Crippen molar-refractivity contribution in [3.8, 4) is 0 Å². The van der Waals surface area contributed by atoms with Gasteiger partial charge in [0.2, 0.25) is 0 Å². The largest absolute Gasteiger partial charge is 0.396 e. The number of allylic oxidation sites excluding steroid dienone is 2. The Hall–Kier alpha value is -0.670. The van der Waals surface area contributed by atoms with Gasteiger partial charge >= 0.3 is 0 Å². The van der Waals surface area contributed by atoms with Crippen LogP contribution in [0.15, 0.2) is 11.1 Å². The molecule has 1 unspecified atom stereocenters. The van der Waals surface area contributed by atoms with Crippen molar-refractivity contribution in [1.82, 2.24) is 0 Å². The number of hydrogen-bond acceptors (Lipinski definition) is 3. The van der Waals surface area contributed by atoms with Crippen molar-refractivity contribution in [3.63, 3.8) is 0 Å². The topological polar surface area (TPSA) is 57.5 Å². The first-order valence-electron chi connectivity index (χ1n) is 11.6. The van der Waals surface area contributed by atoms with Crippen LogP contribution in [0.3, 0.4) is 0 Å². The minimum Gasteiger partial charge on any atom is -0.396 e. The highest BCUT2D eigenvalue weighted by Gasteiger charge is 2.63. The molecule has 0 saturated heterocycles. The number of aliphatic hydroxyl groups is 2. The molecule has 158 valence electrons. The molecule has 0 aliphatic heterocycles. The van der Waals surface area contributed by atoms with E-state index in [1.807, 2.05) is 6.92 Å². The van der Waals surface area contributed by atoms with Gasteiger partial charge in [-0.1, -0.05) is 45.8 Å². The molecule has 0 aromatic carbocycles. The fourth-order valence-corrected chi connectivity index (χ4v) is 8.66. The number of hydrogen-bond donors (Lipinski definition) is 2. The Kier molecular flexibility index (Phi) is 4.72. The second-order valence-corrected chi connectivity index (χ2v) is 11.6. The first kappa shape index (κ1) is 20.6. The molecule has 28 heavy (non-hydrogen) atoms. The molecule has 2 fully saturated rings. The molecule has 0 radical (unpaired) electrons. The maximum absolute atomic E-state index is 12.1. The van der Waals surface area contributed by atoms with Crippen LogP contribution in [0.1, 0.15) is 86.0 Å². The van der Waals surface area contributed by atoms with Crippen LogP contribution in [-0.2, 0) is 4.79 Å². The number of aliphatic hydroxyl groups excluding tert-OH is 2. The summed E-state index contributed by atoms with van der Waals surface area (Å²) in [6.07, 6.45) is 9.17. The van der Waals surface area contributed by atoms with Crippen LogP contribution in [0, 0.1) is 39.4 Å². The summed E-state index contributed by atoms with van der Waals surface area (Å²) in [5.41, 5.74) is 3.25. The number of rotatable bonds is 3. The van der Waals surface area contributed by atoms with Crippen molar-refractivity contribution < 1.29 is 15.0 Å². The molecule has 0 heterocycles. The Labute approximate surface area is 171 Å². The van der Waals surface area contributed by atoms with E-state index in [0.29, 0.717) is 11.8 Å². The van der Waals surface area contributed by atoms with Crippen molar-refractivity contribution in [3.05, 3.63) is 11.1 Å². The Morgan fingerprint density at radius 1 is 1.04 bits per heavy atom. The monoisotopic (exact) mass is 388 g/mol. The molecule has 0 aromatic heterocycles. The lowest BCUT2D eigenvalue weighted by Gasteiger charge is -2.61. The van der Waals surface area contributed by atoms with E-state index in [-0.39, 0.29) is 28.8 Å². The van der Waals surface area contributed by atoms with Crippen LogP contribution in [0.5, 0.6) is 0 Å². The maximum Gasteiger partial charge on any atom is 0.128 e. The molecule has 0 amide bonds. The number of aldehydes is 1. The standard InChI is InChI=1S/C25H40O3/c1-16(14-26)17-8-12-25(5)19-6-7-20-22(2,18(19)9-13-24(17,25)4)11-10-21(28)23(20,3)15-27/h15-17,20-21,26,28H,6-14H2,1-5H3/t16?,17-,20-,21-,22-,23-,24-,25+/m1/s1. The van der Waals surface area contributed by atoms with Crippen LogP contribution < -0.4 is 0 Å². The first-order valence-corrected chi connectivity index (χ1v) is 11.6. The van der Waals surface area contributed by atoms with Crippen molar-refractivity contribution in [2.45, 2.75) is 92.1 Å².